The monoisotopic (exact) mass is 255 g/mol. The van der Waals surface area contributed by atoms with Gasteiger partial charge < -0.3 is 16.8 Å². The first-order valence-electron chi connectivity index (χ1n) is 6.14. The lowest BCUT2D eigenvalue weighted by Gasteiger charge is -2.09. The van der Waals surface area contributed by atoms with Crippen LogP contribution in [0.3, 0.4) is 0 Å². The highest BCUT2D eigenvalue weighted by atomic mass is 16.1. The molecule has 0 saturated carbocycles. The average Bonchev–Trinajstić information content (AvgIpc) is 2.41. The fraction of sp³-hybridized carbons (Fsp3) is 0.133. The Morgan fingerprint density at radius 3 is 2.53 bits per heavy atom. The minimum absolute atomic E-state index is 0.352. The van der Waals surface area contributed by atoms with E-state index in [-0.39, 0.29) is 0 Å². The third-order valence-electron chi connectivity index (χ3n) is 2.90. The summed E-state index contributed by atoms with van der Waals surface area (Å²) in [6.45, 7) is 0.784. The number of carbonyl (C=O) groups excluding carboxylic acids is 1. The van der Waals surface area contributed by atoms with Crippen LogP contribution in [0.1, 0.15) is 15.9 Å². The van der Waals surface area contributed by atoms with Crippen molar-refractivity contribution in [2.24, 2.45) is 5.73 Å². The van der Waals surface area contributed by atoms with Crippen LogP contribution in [0.4, 0.5) is 11.4 Å². The molecule has 0 fully saturated rings. The molecule has 4 nitrogen and oxygen atoms in total. The number of nitrogen functional groups attached to an aromatic ring is 1. The number of hydrogen-bond donors (Lipinski definition) is 3. The second-order valence-corrected chi connectivity index (χ2v) is 4.33. The molecule has 98 valence electrons. The number of anilines is 2. The van der Waals surface area contributed by atoms with Crippen LogP contribution in [0, 0.1) is 0 Å². The van der Waals surface area contributed by atoms with Crippen LogP contribution in [0.2, 0.25) is 0 Å². The highest BCUT2D eigenvalue weighted by Crippen LogP contribution is 2.17. The Labute approximate surface area is 112 Å². The maximum Gasteiger partial charge on any atom is 0.250 e. The van der Waals surface area contributed by atoms with Crippen molar-refractivity contribution in [3.05, 3.63) is 59.7 Å². The van der Waals surface area contributed by atoms with Crippen LogP contribution in [-0.4, -0.2) is 12.5 Å². The van der Waals surface area contributed by atoms with Gasteiger partial charge >= 0.3 is 0 Å². The topological polar surface area (TPSA) is 81.1 Å². The van der Waals surface area contributed by atoms with E-state index >= 15 is 0 Å². The van der Waals surface area contributed by atoms with Crippen molar-refractivity contribution in [1.29, 1.82) is 0 Å². The summed E-state index contributed by atoms with van der Waals surface area (Å²) in [7, 11) is 0. The summed E-state index contributed by atoms with van der Waals surface area (Å²) < 4.78 is 0. The molecule has 0 aliphatic carbocycles. The molecule has 4 heteroatoms. The van der Waals surface area contributed by atoms with Crippen molar-refractivity contribution in [3.8, 4) is 0 Å². The van der Waals surface area contributed by atoms with Crippen molar-refractivity contribution < 1.29 is 4.79 Å². The van der Waals surface area contributed by atoms with Crippen molar-refractivity contribution in [1.82, 2.24) is 0 Å². The second kappa shape index (κ2) is 5.91. The van der Waals surface area contributed by atoms with E-state index in [0.717, 1.165) is 18.7 Å². The van der Waals surface area contributed by atoms with E-state index < -0.39 is 5.91 Å². The zero-order valence-corrected chi connectivity index (χ0v) is 10.6. The lowest BCUT2D eigenvalue weighted by atomic mass is 10.1. The number of amides is 1. The minimum atomic E-state index is -0.510. The van der Waals surface area contributed by atoms with Crippen LogP contribution < -0.4 is 16.8 Å². The third kappa shape index (κ3) is 3.48. The second-order valence-electron chi connectivity index (χ2n) is 4.33. The van der Waals surface area contributed by atoms with Gasteiger partial charge in [0.2, 0.25) is 0 Å². The van der Waals surface area contributed by atoms with Crippen molar-refractivity contribution in [3.63, 3.8) is 0 Å². The molecule has 0 unspecified atom stereocenters. The third-order valence-corrected chi connectivity index (χ3v) is 2.90. The van der Waals surface area contributed by atoms with Crippen LogP contribution in [0.15, 0.2) is 48.5 Å². The lowest BCUT2D eigenvalue weighted by Crippen LogP contribution is -2.14. The molecule has 0 spiro atoms. The van der Waals surface area contributed by atoms with Gasteiger partial charge in [0.15, 0.2) is 0 Å². The predicted molar refractivity (Wildman–Crippen MR) is 78.0 cm³/mol. The molecule has 0 saturated heterocycles. The predicted octanol–water partition coefficient (Wildman–Crippen LogP) is 2.02. The molecule has 0 aromatic heterocycles. The first-order valence-corrected chi connectivity index (χ1v) is 6.14. The summed E-state index contributed by atoms with van der Waals surface area (Å²) in [4.78, 5) is 11.2. The van der Waals surface area contributed by atoms with Crippen molar-refractivity contribution in [2.75, 3.05) is 17.6 Å². The molecule has 5 N–H and O–H groups in total. The average molecular weight is 255 g/mol. The van der Waals surface area contributed by atoms with Gasteiger partial charge in [-0.15, -0.1) is 0 Å². The number of nitrogens with two attached hydrogens (primary N) is 2. The van der Waals surface area contributed by atoms with Gasteiger partial charge in [-0.3, -0.25) is 4.79 Å². The summed E-state index contributed by atoms with van der Waals surface area (Å²) >= 11 is 0. The number of benzene rings is 2. The van der Waals surface area contributed by atoms with Gasteiger partial charge in [-0.1, -0.05) is 30.3 Å². The standard InChI is InChI=1S/C15H17N3O/c16-14-7-6-12(10-13(14)15(17)19)18-9-8-11-4-2-1-3-5-11/h1-7,10,18H,8-9,16H2,(H2,17,19). The van der Waals surface area contributed by atoms with Gasteiger partial charge in [0.1, 0.15) is 0 Å². The van der Waals surface area contributed by atoms with Gasteiger partial charge in [0.25, 0.3) is 5.91 Å². The molecule has 0 bridgehead atoms. The largest absolute Gasteiger partial charge is 0.398 e. The van der Waals surface area contributed by atoms with Crippen LogP contribution in [0.25, 0.3) is 0 Å². The van der Waals surface area contributed by atoms with Crippen molar-refractivity contribution >= 4 is 17.3 Å². The van der Waals surface area contributed by atoms with Gasteiger partial charge in [0.05, 0.1) is 5.56 Å². The van der Waals surface area contributed by atoms with Gasteiger partial charge in [-0.2, -0.15) is 0 Å². The zero-order chi connectivity index (χ0) is 13.7. The van der Waals surface area contributed by atoms with Crippen LogP contribution in [-0.2, 0) is 6.42 Å². The summed E-state index contributed by atoms with van der Waals surface area (Å²) in [6.07, 6.45) is 0.914. The number of primary amides is 1. The molecule has 19 heavy (non-hydrogen) atoms. The molecule has 2 aromatic rings. The van der Waals surface area contributed by atoms with Gasteiger partial charge in [-0.05, 0) is 30.2 Å². The smallest absolute Gasteiger partial charge is 0.250 e. The van der Waals surface area contributed by atoms with E-state index in [1.165, 1.54) is 5.56 Å². The van der Waals surface area contributed by atoms with E-state index in [1.807, 2.05) is 24.3 Å². The Hall–Kier alpha value is -2.49. The Bertz CT molecular complexity index is 567. The zero-order valence-electron chi connectivity index (χ0n) is 10.6. The Morgan fingerprint density at radius 2 is 1.84 bits per heavy atom. The molecular weight excluding hydrogens is 238 g/mol. The summed E-state index contributed by atoms with van der Waals surface area (Å²) in [6, 6.07) is 15.4. The van der Waals surface area contributed by atoms with Crippen LogP contribution >= 0.6 is 0 Å². The highest BCUT2D eigenvalue weighted by Gasteiger charge is 2.06. The van der Waals surface area contributed by atoms with E-state index in [1.54, 1.807) is 12.1 Å². The molecule has 1 amide bonds. The van der Waals surface area contributed by atoms with Gasteiger partial charge in [0, 0.05) is 17.9 Å². The Kier molecular flexibility index (Phi) is 4.03. The highest BCUT2D eigenvalue weighted by molar-refractivity contribution is 5.98. The molecular formula is C15H17N3O. The Balaban J connectivity index is 1.97. The van der Waals surface area contributed by atoms with E-state index in [2.05, 4.69) is 17.4 Å². The van der Waals surface area contributed by atoms with Crippen LogP contribution in [0.5, 0.6) is 0 Å². The molecule has 0 aliphatic rings. The summed E-state index contributed by atoms with van der Waals surface area (Å²) in [5.74, 6) is -0.510. The first-order chi connectivity index (χ1) is 9.16. The number of rotatable bonds is 5. The fourth-order valence-corrected chi connectivity index (χ4v) is 1.88. The van der Waals surface area contributed by atoms with Gasteiger partial charge in [-0.25, -0.2) is 0 Å². The summed E-state index contributed by atoms with van der Waals surface area (Å²) in [5.41, 5.74) is 13.8. The van der Waals surface area contributed by atoms with Crippen molar-refractivity contribution in [2.45, 2.75) is 6.42 Å². The number of carbonyl (C=O) groups is 1. The SMILES string of the molecule is NC(=O)c1cc(NCCc2ccccc2)ccc1N. The number of hydrogen-bond acceptors (Lipinski definition) is 3. The molecule has 0 heterocycles. The Morgan fingerprint density at radius 1 is 1.11 bits per heavy atom. The minimum Gasteiger partial charge on any atom is -0.398 e. The van der Waals surface area contributed by atoms with E-state index in [9.17, 15) is 4.79 Å². The number of nitrogens with one attached hydrogen (secondary N) is 1. The summed E-state index contributed by atoms with van der Waals surface area (Å²) in [5, 5.41) is 3.25. The van der Waals surface area contributed by atoms with E-state index in [4.69, 9.17) is 11.5 Å². The molecule has 0 atom stereocenters. The molecule has 2 aromatic carbocycles. The fourth-order valence-electron chi connectivity index (χ4n) is 1.88. The lowest BCUT2D eigenvalue weighted by molar-refractivity contribution is 0.100. The molecule has 2 rings (SSSR count). The molecule has 0 aliphatic heterocycles. The maximum atomic E-state index is 11.2. The quantitative estimate of drug-likeness (QED) is 0.715. The molecule has 0 radical (unpaired) electrons. The normalized spacial score (nSPS) is 10.1. The van der Waals surface area contributed by atoms with E-state index in [0.29, 0.717) is 11.3 Å². The maximum absolute atomic E-state index is 11.2. The first kappa shape index (κ1) is 13.0.